The first-order chi connectivity index (χ1) is 26.9. The summed E-state index contributed by atoms with van der Waals surface area (Å²) in [5, 5.41) is 0. The molecule has 0 unspecified atom stereocenters. The van der Waals surface area contributed by atoms with Crippen molar-refractivity contribution in [3.05, 3.63) is 125 Å². The van der Waals surface area contributed by atoms with Gasteiger partial charge in [-0.05, 0) is 99.4 Å². The van der Waals surface area contributed by atoms with Gasteiger partial charge in [-0.2, -0.15) is 21.4 Å². The Bertz CT molecular complexity index is 2410. The van der Waals surface area contributed by atoms with E-state index < -0.39 is 20.2 Å². The van der Waals surface area contributed by atoms with Gasteiger partial charge in [0.15, 0.2) is 5.71 Å². The Morgan fingerprint density at radius 3 is 2.14 bits per heavy atom. The highest BCUT2D eigenvalue weighted by Gasteiger charge is 2.44. The summed E-state index contributed by atoms with van der Waals surface area (Å²) in [6.45, 7) is 9.96. The van der Waals surface area contributed by atoms with Crippen LogP contribution in [0.1, 0.15) is 83.8 Å². The van der Waals surface area contributed by atoms with Crippen LogP contribution in [0, 0.1) is 0 Å². The molecular weight excluding hydrogens is 761 g/mol. The summed E-state index contributed by atoms with van der Waals surface area (Å²) < 4.78 is 73.5. The smallest absolute Gasteiger partial charge is 0.264 e. The van der Waals surface area contributed by atoms with E-state index >= 15 is 0 Å². The summed E-state index contributed by atoms with van der Waals surface area (Å²) in [6, 6.07) is 21.8. The molecular formula is C44H55N4O7S2+. The van der Waals surface area contributed by atoms with Crippen molar-refractivity contribution in [2.75, 3.05) is 41.0 Å². The molecule has 1 aliphatic carbocycles. The van der Waals surface area contributed by atoms with Crippen LogP contribution in [0.3, 0.4) is 0 Å². The van der Waals surface area contributed by atoms with E-state index in [0.29, 0.717) is 55.9 Å². The number of unbranched alkanes of at least 4 members (excludes halogenated alkanes) is 2. The summed E-state index contributed by atoms with van der Waals surface area (Å²) >= 11 is 0. The lowest BCUT2D eigenvalue weighted by Crippen LogP contribution is -2.28. The molecule has 6 N–H and O–H groups in total. The first-order valence-electron chi connectivity index (χ1n) is 19.5. The number of rotatable bonds is 15. The second-order valence-electron chi connectivity index (χ2n) is 16.1. The molecule has 0 amide bonds. The molecule has 0 fully saturated rings. The number of allylic oxidation sites excluding steroid dienone is 7. The maximum Gasteiger partial charge on any atom is 0.264 e. The number of benzene rings is 3. The molecule has 304 valence electrons. The van der Waals surface area contributed by atoms with E-state index in [1.165, 1.54) is 11.1 Å². The Hall–Kier alpha value is -4.69. The zero-order chi connectivity index (χ0) is 41.2. The van der Waals surface area contributed by atoms with Crippen molar-refractivity contribution in [2.45, 2.75) is 83.5 Å². The quantitative estimate of drug-likeness (QED) is 0.0506. The van der Waals surface area contributed by atoms with Crippen LogP contribution in [0.5, 0.6) is 5.75 Å². The second kappa shape index (κ2) is 16.7. The monoisotopic (exact) mass is 815 g/mol. The third-order valence-electron chi connectivity index (χ3n) is 11.3. The van der Waals surface area contributed by atoms with Crippen molar-refractivity contribution >= 4 is 48.7 Å². The fourth-order valence-corrected chi connectivity index (χ4v) is 9.46. The van der Waals surface area contributed by atoms with Gasteiger partial charge in [-0.25, -0.2) is 0 Å². The Kier molecular flexibility index (Phi) is 12.3. The van der Waals surface area contributed by atoms with Crippen LogP contribution in [-0.4, -0.2) is 60.8 Å². The van der Waals surface area contributed by atoms with Gasteiger partial charge in [0.1, 0.15) is 18.1 Å². The van der Waals surface area contributed by atoms with Gasteiger partial charge in [0.25, 0.3) is 20.2 Å². The number of anilines is 3. The highest BCUT2D eigenvalue weighted by atomic mass is 32.2. The fraction of sp³-hybridized carbons (Fsp3) is 0.386. The Morgan fingerprint density at radius 2 is 1.44 bits per heavy atom. The third kappa shape index (κ3) is 9.55. The zero-order valence-electron chi connectivity index (χ0n) is 33.2. The van der Waals surface area contributed by atoms with Gasteiger partial charge in [0, 0.05) is 53.5 Å². The summed E-state index contributed by atoms with van der Waals surface area (Å²) in [6.07, 6.45) is 12.9. The third-order valence-corrected chi connectivity index (χ3v) is 12.9. The number of fused-ring (bicyclic) bond motifs is 2. The highest BCUT2D eigenvalue weighted by Crippen LogP contribution is 2.48. The molecule has 3 aromatic rings. The molecule has 13 heteroatoms. The van der Waals surface area contributed by atoms with Crippen LogP contribution >= 0.6 is 0 Å². The number of nitrogen functional groups attached to an aromatic ring is 2. The molecule has 0 saturated heterocycles. The molecule has 2 heterocycles. The van der Waals surface area contributed by atoms with Crippen molar-refractivity contribution in [3.63, 3.8) is 0 Å². The minimum atomic E-state index is -4.04. The van der Waals surface area contributed by atoms with E-state index in [1.807, 2.05) is 30.3 Å². The molecule has 2 aliphatic heterocycles. The van der Waals surface area contributed by atoms with Crippen LogP contribution in [0.2, 0.25) is 0 Å². The van der Waals surface area contributed by atoms with E-state index in [1.54, 1.807) is 12.1 Å². The molecule has 0 bridgehead atoms. The molecule has 3 aliphatic rings. The van der Waals surface area contributed by atoms with E-state index in [-0.39, 0.29) is 22.3 Å². The first-order valence-corrected chi connectivity index (χ1v) is 22.8. The largest absolute Gasteiger partial charge is 0.457 e. The van der Waals surface area contributed by atoms with Crippen molar-refractivity contribution < 1.29 is 35.3 Å². The Balaban J connectivity index is 1.41. The Labute approximate surface area is 337 Å². The average molecular weight is 816 g/mol. The van der Waals surface area contributed by atoms with E-state index in [4.69, 9.17) is 16.2 Å². The minimum Gasteiger partial charge on any atom is -0.457 e. The second-order valence-corrected chi connectivity index (χ2v) is 19.3. The van der Waals surface area contributed by atoms with Crippen LogP contribution < -0.4 is 21.1 Å². The number of hydrogen-bond donors (Lipinski definition) is 4. The van der Waals surface area contributed by atoms with Gasteiger partial charge in [-0.1, -0.05) is 56.3 Å². The molecule has 0 atom stereocenters. The van der Waals surface area contributed by atoms with Gasteiger partial charge < -0.3 is 21.1 Å². The number of nitrogens with zero attached hydrogens (tertiary/aromatic N) is 2. The molecule has 6 rings (SSSR count). The predicted octanol–water partition coefficient (Wildman–Crippen LogP) is 8.24. The molecule has 3 aromatic carbocycles. The lowest BCUT2D eigenvalue weighted by Gasteiger charge is -2.27. The van der Waals surface area contributed by atoms with Crippen LogP contribution in [0.4, 0.5) is 22.7 Å². The minimum absolute atomic E-state index is 0.277. The lowest BCUT2D eigenvalue weighted by atomic mass is 9.81. The first kappa shape index (κ1) is 41.9. The van der Waals surface area contributed by atoms with E-state index in [9.17, 15) is 25.9 Å². The molecule has 0 radical (unpaired) electrons. The van der Waals surface area contributed by atoms with Gasteiger partial charge in [-0.15, -0.1) is 0 Å². The number of nitrogens with two attached hydrogens (primary N) is 2. The topological polar surface area (TPSA) is 176 Å². The number of para-hydroxylation sites is 2. The number of ether oxygens (including phenoxy) is 1. The SMILES string of the molecule is CC1(C)C(=CC=C2CCCC(C=CC3=[N+](CCCCS(=O)(=O)O)c4ccccc4C3(C)C)=C2Oc2ccc(N)c(N)c2)N(CCCCS(=O)(=O)O)c2ccccc21. The van der Waals surface area contributed by atoms with Crippen LogP contribution in [0.15, 0.2) is 114 Å². The zero-order valence-corrected chi connectivity index (χ0v) is 34.9. The summed E-state index contributed by atoms with van der Waals surface area (Å²) in [7, 11) is -8.09. The molecule has 0 saturated carbocycles. The molecule has 0 aromatic heterocycles. The fourth-order valence-electron chi connectivity index (χ4n) is 8.32. The van der Waals surface area contributed by atoms with Crippen molar-refractivity contribution in [3.8, 4) is 5.75 Å². The highest BCUT2D eigenvalue weighted by molar-refractivity contribution is 7.86. The molecule has 11 nitrogen and oxygen atoms in total. The maximum absolute atomic E-state index is 11.5. The van der Waals surface area contributed by atoms with E-state index in [2.05, 4.69) is 85.7 Å². The standard InChI is InChI=1S/C44H54N4O7S2/c1-43(2)34-16-5-7-18-38(34)47(26-9-11-28-56(49,50)51)40(43)24-20-31-14-13-15-32(42(31)55-33-22-23-36(45)37(46)30-33)21-25-41-44(3,4)35-17-6-8-19-39(35)48(41)27-10-12-29-57(52,53)54/h5-8,16-25,30H,9-15,26-29,45-46H2,1-4H3,(H-,49,50,51,52,53,54)/p+1. The summed E-state index contributed by atoms with van der Waals surface area (Å²) in [4.78, 5) is 2.26. The van der Waals surface area contributed by atoms with Gasteiger partial charge in [-0.3, -0.25) is 9.11 Å². The Morgan fingerprint density at radius 1 is 0.772 bits per heavy atom. The van der Waals surface area contributed by atoms with Crippen LogP contribution in [-0.2, 0) is 31.1 Å². The lowest BCUT2D eigenvalue weighted by molar-refractivity contribution is -0.438. The van der Waals surface area contributed by atoms with E-state index in [0.717, 1.165) is 59.0 Å². The van der Waals surface area contributed by atoms with Crippen molar-refractivity contribution in [2.24, 2.45) is 0 Å². The maximum atomic E-state index is 11.5. The van der Waals surface area contributed by atoms with Gasteiger partial charge >= 0.3 is 0 Å². The summed E-state index contributed by atoms with van der Waals surface area (Å²) in [5.74, 6) is 0.750. The van der Waals surface area contributed by atoms with Gasteiger partial charge in [0.05, 0.1) is 28.3 Å². The van der Waals surface area contributed by atoms with Crippen LogP contribution in [0.25, 0.3) is 0 Å². The van der Waals surface area contributed by atoms with Crippen molar-refractivity contribution in [1.29, 1.82) is 0 Å². The normalized spacial score (nSPS) is 19.2. The van der Waals surface area contributed by atoms with Gasteiger partial charge in [0.2, 0.25) is 5.69 Å². The average Bonchev–Trinajstić information content (AvgIpc) is 3.49. The number of hydrogen-bond acceptors (Lipinski definition) is 8. The predicted molar refractivity (Wildman–Crippen MR) is 229 cm³/mol. The summed E-state index contributed by atoms with van der Waals surface area (Å²) in [5.41, 5.74) is 21.2. The molecule has 0 spiro atoms. The van der Waals surface area contributed by atoms with Crippen molar-refractivity contribution in [1.82, 2.24) is 0 Å². The molecule has 57 heavy (non-hydrogen) atoms.